The highest BCUT2D eigenvalue weighted by molar-refractivity contribution is 9.08. The molecule has 82 valence electrons. The number of pyridine rings is 1. The first-order valence-electron chi connectivity index (χ1n) is 4.68. The van der Waals surface area contributed by atoms with E-state index in [1.54, 1.807) is 18.2 Å². The number of aromatic nitrogens is 1. The van der Waals surface area contributed by atoms with Crippen LogP contribution >= 0.6 is 15.9 Å². The summed E-state index contributed by atoms with van der Waals surface area (Å²) in [5.41, 5.74) is 0.994. The van der Waals surface area contributed by atoms with Gasteiger partial charge in [0.15, 0.2) is 0 Å². The SMILES string of the molecule is Fc1ccccc1-c1ccc(CBr)nc1F. The average Bonchev–Trinajstić information content (AvgIpc) is 2.30. The second-order valence-electron chi connectivity index (χ2n) is 3.25. The van der Waals surface area contributed by atoms with Gasteiger partial charge in [0, 0.05) is 16.5 Å². The van der Waals surface area contributed by atoms with Crippen molar-refractivity contribution < 1.29 is 8.78 Å². The maximum atomic E-state index is 13.6. The molecule has 1 nitrogen and oxygen atoms in total. The van der Waals surface area contributed by atoms with Gasteiger partial charge in [0.2, 0.25) is 5.95 Å². The minimum atomic E-state index is -0.651. The smallest absolute Gasteiger partial charge is 0.221 e. The van der Waals surface area contributed by atoms with Crippen molar-refractivity contribution in [2.75, 3.05) is 0 Å². The van der Waals surface area contributed by atoms with Crippen LogP contribution in [0.2, 0.25) is 0 Å². The molecule has 0 radical (unpaired) electrons. The first kappa shape index (κ1) is 11.2. The molecule has 0 bridgehead atoms. The summed E-state index contributed by atoms with van der Waals surface area (Å²) < 4.78 is 27.0. The van der Waals surface area contributed by atoms with Gasteiger partial charge in [-0.15, -0.1) is 0 Å². The molecule has 0 saturated carbocycles. The third kappa shape index (κ3) is 2.11. The highest BCUT2D eigenvalue weighted by Gasteiger charge is 2.10. The van der Waals surface area contributed by atoms with Gasteiger partial charge in [0.1, 0.15) is 5.82 Å². The first-order chi connectivity index (χ1) is 7.72. The Morgan fingerprint density at radius 1 is 1.00 bits per heavy atom. The molecule has 16 heavy (non-hydrogen) atoms. The zero-order valence-electron chi connectivity index (χ0n) is 8.25. The van der Waals surface area contributed by atoms with Gasteiger partial charge in [-0.25, -0.2) is 9.37 Å². The van der Waals surface area contributed by atoms with Crippen LogP contribution in [0.25, 0.3) is 11.1 Å². The fraction of sp³-hybridized carbons (Fsp3) is 0.0833. The van der Waals surface area contributed by atoms with E-state index in [0.29, 0.717) is 11.0 Å². The van der Waals surface area contributed by atoms with Crippen molar-refractivity contribution in [3.05, 3.63) is 53.9 Å². The summed E-state index contributed by atoms with van der Waals surface area (Å²) in [6.07, 6.45) is 0. The van der Waals surface area contributed by atoms with Crippen molar-refractivity contribution in [2.24, 2.45) is 0 Å². The van der Waals surface area contributed by atoms with Crippen LogP contribution in [-0.4, -0.2) is 4.98 Å². The number of hydrogen-bond donors (Lipinski definition) is 0. The van der Waals surface area contributed by atoms with Crippen LogP contribution in [-0.2, 0) is 5.33 Å². The van der Waals surface area contributed by atoms with Crippen molar-refractivity contribution in [1.29, 1.82) is 0 Å². The number of rotatable bonds is 2. The highest BCUT2D eigenvalue weighted by atomic mass is 79.9. The van der Waals surface area contributed by atoms with Gasteiger partial charge >= 0.3 is 0 Å². The maximum Gasteiger partial charge on any atom is 0.221 e. The molecule has 4 heteroatoms. The Kier molecular flexibility index (Phi) is 3.29. The van der Waals surface area contributed by atoms with Crippen molar-refractivity contribution in [3.63, 3.8) is 0 Å². The van der Waals surface area contributed by atoms with E-state index in [0.717, 1.165) is 0 Å². The molecular weight excluding hydrogens is 276 g/mol. The van der Waals surface area contributed by atoms with Crippen LogP contribution in [0.4, 0.5) is 8.78 Å². The third-order valence-corrected chi connectivity index (χ3v) is 2.78. The first-order valence-corrected chi connectivity index (χ1v) is 5.81. The Morgan fingerprint density at radius 2 is 1.75 bits per heavy atom. The van der Waals surface area contributed by atoms with Gasteiger partial charge in [-0.1, -0.05) is 34.1 Å². The summed E-state index contributed by atoms with van der Waals surface area (Å²) in [6, 6.07) is 9.26. The van der Waals surface area contributed by atoms with E-state index in [9.17, 15) is 8.78 Å². The van der Waals surface area contributed by atoms with Crippen molar-refractivity contribution in [3.8, 4) is 11.1 Å². The van der Waals surface area contributed by atoms with Crippen molar-refractivity contribution in [2.45, 2.75) is 5.33 Å². The quantitative estimate of drug-likeness (QED) is 0.601. The minimum absolute atomic E-state index is 0.183. The fourth-order valence-corrected chi connectivity index (χ4v) is 1.74. The van der Waals surface area contributed by atoms with E-state index in [2.05, 4.69) is 20.9 Å². The molecule has 0 amide bonds. The Morgan fingerprint density at radius 3 is 2.38 bits per heavy atom. The molecule has 0 atom stereocenters. The second kappa shape index (κ2) is 4.70. The molecule has 0 saturated heterocycles. The zero-order chi connectivity index (χ0) is 11.5. The molecule has 0 N–H and O–H groups in total. The van der Waals surface area contributed by atoms with Gasteiger partial charge in [-0.2, -0.15) is 4.39 Å². The van der Waals surface area contributed by atoms with E-state index in [1.165, 1.54) is 18.2 Å². The van der Waals surface area contributed by atoms with Gasteiger partial charge < -0.3 is 0 Å². The van der Waals surface area contributed by atoms with E-state index in [4.69, 9.17) is 0 Å². The Labute approximate surface area is 100 Å². The van der Waals surface area contributed by atoms with E-state index in [1.807, 2.05) is 0 Å². The predicted molar refractivity (Wildman–Crippen MR) is 62.2 cm³/mol. The number of nitrogens with zero attached hydrogens (tertiary/aromatic N) is 1. The van der Waals surface area contributed by atoms with Crippen molar-refractivity contribution >= 4 is 15.9 Å². The molecule has 0 aliphatic rings. The highest BCUT2D eigenvalue weighted by Crippen LogP contribution is 2.24. The van der Waals surface area contributed by atoms with Gasteiger partial charge in [-0.05, 0) is 18.2 Å². The molecule has 1 heterocycles. The second-order valence-corrected chi connectivity index (χ2v) is 3.82. The Balaban J connectivity index is 2.53. The molecule has 1 aromatic heterocycles. The lowest BCUT2D eigenvalue weighted by molar-refractivity contribution is 0.579. The van der Waals surface area contributed by atoms with Crippen LogP contribution in [0.15, 0.2) is 36.4 Å². The molecule has 0 spiro atoms. The summed E-state index contributed by atoms with van der Waals surface area (Å²) in [4.78, 5) is 3.73. The van der Waals surface area contributed by atoms with Crippen LogP contribution in [0.1, 0.15) is 5.69 Å². The Bertz CT molecular complexity index is 514. The molecular formula is C12H8BrF2N. The largest absolute Gasteiger partial charge is 0.223 e. The number of benzene rings is 1. The number of hydrogen-bond acceptors (Lipinski definition) is 1. The average molecular weight is 284 g/mol. The maximum absolute atomic E-state index is 13.6. The van der Waals surface area contributed by atoms with Gasteiger partial charge in [0.05, 0.1) is 5.69 Å². The minimum Gasteiger partial charge on any atom is -0.223 e. The van der Waals surface area contributed by atoms with Crippen LogP contribution in [0, 0.1) is 11.8 Å². The topological polar surface area (TPSA) is 12.9 Å². The van der Waals surface area contributed by atoms with Crippen molar-refractivity contribution in [1.82, 2.24) is 4.98 Å². The van der Waals surface area contributed by atoms with E-state index < -0.39 is 11.8 Å². The summed E-state index contributed by atoms with van der Waals surface area (Å²) in [5.74, 6) is -1.10. The van der Waals surface area contributed by atoms with Crippen LogP contribution in [0.5, 0.6) is 0 Å². The molecule has 0 unspecified atom stereocenters. The van der Waals surface area contributed by atoms with Gasteiger partial charge in [0.25, 0.3) is 0 Å². The molecule has 1 aromatic carbocycles. The number of alkyl halides is 1. The Hall–Kier alpha value is -1.29. The molecule has 2 aromatic rings. The van der Waals surface area contributed by atoms with Crippen LogP contribution in [0.3, 0.4) is 0 Å². The van der Waals surface area contributed by atoms with E-state index >= 15 is 0 Å². The predicted octanol–water partition coefficient (Wildman–Crippen LogP) is 3.92. The molecule has 2 rings (SSSR count). The lowest BCUT2D eigenvalue weighted by atomic mass is 10.1. The summed E-state index contributed by atoms with van der Waals surface area (Å²) in [5, 5.41) is 0.474. The monoisotopic (exact) mass is 283 g/mol. The lowest BCUT2D eigenvalue weighted by Crippen LogP contribution is -1.94. The van der Waals surface area contributed by atoms with Gasteiger partial charge in [-0.3, -0.25) is 0 Å². The summed E-state index contributed by atoms with van der Waals surface area (Å²) in [7, 11) is 0. The van der Waals surface area contributed by atoms with Crippen LogP contribution < -0.4 is 0 Å². The fourth-order valence-electron chi connectivity index (χ4n) is 1.43. The molecule has 0 aliphatic carbocycles. The standard InChI is InChI=1S/C12H8BrF2N/c13-7-8-5-6-10(12(15)16-8)9-3-1-2-4-11(9)14/h1-6H,7H2. The zero-order valence-corrected chi connectivity index (χ0v) is 9.84. The molecule has 0 aliphatic heterocycles. The lowest BCUT2D eigenvalue weighted by Gasteiger charge is -2.05. The summed E-state index contributed by atoms with van der Waals surface area (Å²) in [6.45, 7) is 0. The number of halogens is 3. The normalized spacial score (nSPS) is 10.4. The molecule has 0 fully saturated rings. The van der Waals surface area contributed by atoms with E-state index in [-0.39, 0.29) is 11.1 Å². The third-order valence-electron chi connectivity index (χ3n) is 2.21. The summed E-state index contributed by atoms with van der Waals surface area (Å²) >= 11 is 3.18.